The number of para-hydroxylation sites is 1. The number of nitrogens with zero attached hydrogens (tertiary/aromatic N) is 2. The summed E-state index contributed by atoms with van der Waals surface area (Å²) in [5.74, 6) is -0.984. The number of alkyl halides is 3. The van der Waals surface area contributed by atoms with Crippen LogP contribution in [0.5, 0.6) is 5.75 Å². The highest BCUT2D eigenvalue weighted by Crippen LogP contribution is 2.41. The third kappa shape index (κ3) is 3.31. The summed E-state index contributed by atoms with van der Waals surface area (Å²) in [5.41, 5.74) is -2.75. The zero-order valence-electron chi connectivity index (χ0n) is 12.5. The van der Waals surface area contributed by atoms with Crippen LogP contribution in [-0.4, -0.2) is 38.7 Å². The van der Waals surface area contributed by atoms with Gasteiger partial charge in [-0.25, -0.2) is 0 Å². The van der Waals surface area contributed by atoms with Crippen molar-refractivity contribution in [3.05, 3.63) is 29.8 Å². The molecule has 8 heteroatoms. The molecule has 5 nitrogen and oxygen atoms in total. The van der Waals surface area contributed by atoms with Crippen molar-refractivity contribution in [2.45, 2.75) is 44.5 Å². The van der Waals surface area contributed by atoms with Crippen molar-refractivity contribution in [3.63, 3.8) is 0 Å². The van der Waals surface area contributed by atoms with Crippen molar-refractivity contribution in [3.8, 4) is 5.75 Å². The van der Waals surface area contributed by atoms with E-state index in [2.05, 4.69) is 5.10 Å². The number of benzene rings is 1. The van der Waals surface area contributed by atoms with Crippen LogP contribution in [0.1, 0.15) is 31.7 Å². The molecular weight excluding hydrogens is 313 g/mol. The molecule has 1 heterocycles. The summed E-state index contributed by atoms with van der Waals surface area (Å²) in [6.07, 6.45) is -5.79. The number of hydrogen-bond acceptors (Lipinski definition) is 4. The lowest BCUT2D eigenvalue weighted by molar-refractivity contribution is -0.302. The van der Waals surface area contributed by atoms with Gasteiger partial charge in [0.25, 0.3) is 5.72 Å². The molecular formula is C15H17F3N2O3. The Kier molecular flexibility index (Phi) is 4.65. The summed E-state index contributed by atoms with van der Waals surface area (Å²) in [6, 6.07) is 6.24. The standard InChI is InChI=1S/C15H17F3N2O3/c1-2-11-9-14(23,15(16,17)18)20(19-11)13(22)8-7-10-5-3-4-6-12(10)21/h3-6,21,23H,2,7-9H2,1H3/t14-/m0/s1. The van der Waals surface area contributed by atoms with Gasteiger partial charge in [0.05, 0.1) is 0 Å². The van der Waals surface area contributed by atoms with Crippen molar-refractivity contribution in [2.75, 3.05) is 0 Å². The minimum Gasteiger partial charge on any atom is -0.508 e. The molecule has 0 aliphatic carbocycles. The van der Waals surface area contributed by atoms with Gasteiger partial charge in [0.2, 0.25) is 5.91 Å². The maximum atomic E-state index is 13.1. The summed E-state index contributed by atoms with van der Waals surface area (Å²) in [7, 11) is 0. The van der Waals surface area contributed by atoms with Crippen LogP contribution in [0.4, 0.5) is 13.2 Å². The zero-order chi connectivity index (χ0) is 17.3. The fraction of sp³-hybridized carbons (Fsp3) is 0.467. The van der Waals surface area contributed by atoms with Gasteiger partial charge in [-0.1, -0.05) is 25.1 Å². The van der Waals surface area contributed by atoms with E-state index in [-0.39, 0.29) is 35.7 Å². The second-order valence-corrected chi connectivity index (χ2v) is 5.35. The molecule has 0 aromatic heterocycles. The molecule has 1 atom stereocenters. The minimum atomic E-state index is -5.00. The third-order valence-corrected chi connectivity index (χ3v) is 3.74. The van der Waals surface area contributed by atoms with E-state index in [4.69, 9.17) is 0 Å². The summed E-state index contributed by atoms with van der Waals surface area (Å²) in [6.45, 7) is 1.60. The van der Waals surface area contributed by atoms with Crippen LogP contribution in [0.25, 0.3) is 0 Å². The zero-order valence-corrected chi connectivity index (χ0v) is 12.5. The number of carbonyl (C=O) groups excluding carboxylic acids is 1. The van der Waals surface area contributed by atoms with Gasteiger partial charge in [0.15, 0.2) is 0 Å². The smallest absolute Gasteiger partial charge is 0.438 e. The minimum absolute atomic E-state index is 0.0365. The molecule has 126 valence electrons. The second kappa shape index (κ2) is 6.19. The number of aromatic hydroxyl groups is 1. The summed E-state index contributed by atoms with van der Waals surface area (Å²) in [5, 5.41) is 23.3. The Labute approximate surface area is 131 Å². The molecule has 1 aromatic rings. The normalized spacial score (nSPS) is 21.4. The lowest BCUT2D eigenvalue weighted by atomic mass is 10.0. The van der Waals surface area contributed by atoms with Crippen molar-refractivity contribution in [2.24, 2.45) is 5.10 Å². The van der Waals surface area contributed by atoms with Crippen LogP contribution in [0.15, 0.2) is 29.4 Å². The van der Waals surface area contributed by atoms with E-state index < -0.39 is 24.2 Å². The molecule has 2 N–H and O–H groups in total. The summed E-state index contributed by atoms with van der Waals surface area (Å²) in [4.78, 5) is 12.1. The SMILES string of the molecule is CCC1=NN(C(=O)CCc2ccccc2O)[C@@](O)(C(F)(F)F)C1. The quantitative estimate of drug-likeness (QED) is 0.891. The van der Waals surface area contributed by atoms with E-state index in [1.54, 1.807) is 25.1 Å². The average molecular weight is 330 g/mol. The fourth-order valence-corrected chi connectivity index (χ4v) is 2.37. The number of hydrazone groups is 1. The van der Waals surface area contributed by atoms with Gasteiger partial charge in [0.1, 0.15) is 5.75 Å². The number of rotatable bonds is 4. The topological polar surface area (TPSA) is 73.1 Å². The highest BCUT2D eigenvalue weighted by Gasteiger charge is 2.62. The molecule has 1 aliphatic rings. The highest BCUT2D eigenvalue weighted by molar-refractivity contribution is 5.90. The van der Waals surface area contributed by atoms with E-state index in [1.807, 2.05) is 0 Å². The Balaban J connectivity index is 2.16. The van der Waals surface area contributed by atoms with Gasteiger partial charge < -0.3 is 10.2 Å². The van der Waals surface area contributed by atoms with Gasteiger partial charge in [-0.3, -0.25) is 4.79 Å². The second-order valence-electron chi connectivity index (χ2n) is 5.35. The predicted molar refractivity (Wildman–Crippen MR) is 76.6 cm³/mol. The maximum Gasteiger partial charge on any atom is 0.438 e. The Hall–Kier alpha value is -2.09. The number of amides is 1. The van der Waals surface area contributed by atoms with E-state index >= 15 is 0 Å². The van der Waals surface area contributed by atoms with Crippen LogP contribution in [0.2, 0.25) is 0 Å². The van der Waals surface area contributed by atoms with E-state index in [0.29, 0.717) is 5.56 Å². The van der Waals surface area contributed by atoms with Crippen molar-refractivity contribution in [1.82, 2.24) is 5.01 Å². The lowest BCUT2D eigenvalue weighted by Crippen LogP contribution is -2.56. The Morgan fingerprint density at radius 1 is 1.39 bits per heavy atom. The van der Waals surface area contributed by atoms with E-state index in [9.17, 15) is 28.2 Å². The highest BCUT2D eigenvalue weighted by atomic mass is 19.4. The number of hydrogen-bond donors (Lipinski definition) is 2. The van der Waals surface area contributed by atoms with Crippen LogP contribution in [0, 0.1) is 0 Å². The third-order valence-electron chi connectivity index (χ3n) is 3.74. The van der Waals surface area contributed by atoms with Crippen LogP contribution in [0.3, 0.4) is 0 Å². The summed E-state index contributed by atoms with van der Waals surface area (Å²) < 4.78 is 39.4. The molecule has 1 aromatic carbocycles. The molecule has 0 radical (unpaired) electrons. The molecule has 0 spiro atoms. The number of carbonyl (C=O) groups is 1. The van der Waals surface area contributed by atoms with E-state index in [1.165, 1.54) is 6.07 Å². The van der Waals surface area contributed by atoms with Gasteiger partial charge in [-0.05, 0) is 24.5 Å². The average Bonchev–Trinajstić information content (AvgIpc) is 2.84. The number of halogens is 3. The molecule has 0 bridgehead atoms. The number of aryl methyl sites for hydroxylation is 1. The van der Waals surface area contributed by atoms with Crippen LogP contribution in [-0.2, 0) is 11.2 Å². The monoisotopic (exact) mass is 330 g/mol. The van der Waals surface area contributed by atoms with E-state index in [0.717, 1.165) is 0 Å². The Morgan fingerprint density at radius 3 is 2.61 bits per heavy atom. The number of phenolic OH excluding ortho intramolecular Hbond substituents is 1. The fourth-order valence-electron chi connectivity index (χ4n) is 2.37. The van der Waals surface area contributed by atoms with Crippen LogP contribution >= 0.6 is 0 Å². The Bertz CT molecular complexity index is 631. The van der Waals surface area contributed by atoms with Crippen molar-refractivity contribution < 1.29 is 28.2 Å². The number of phenols is 1. The first-order valence-electron chi connectivity index (χ1n) is 7.14. The molecule has 1 aliphatic heterocycles. The largest absolute Gasteiger partial charge is 0.508 e. The van der Waals surface area contributed by atoms with Gasteiger partial charge >= 0.3 is 6.18 Å². The maximum absolute atomic E-state index is 13.1. The van der Waals surface area contributed by atoms with Gasteiger partial charge in [-0.15, -0.1) is 0 Å². The van der Waals surface area contributed by atoms with Crippen LogP contribution < -0.4 is 0 Å². The lowest BCUT2D eigenvalue weighted by Gasteiger charge is -2.32. The van der Waals surface area contributed by atoms with Gasteiger partial charge in [0, 0.05) is 18.6 Å². The number of aliphatic hydroxyl groups is 1. The first kappa shape index (κ1) is 17.3. The molecule has 2 rings (SSSR count). The molecule has 0 unspecified atom stereocenters. The summed E-state index contributed by atoms with van der Waals surface area (Å²) >= 11 is 0. The first-order valence-corrected chi connectivity index (χ1v) is 7.14. The molecule has 23 heavy (non-hydrogen) atoms. The molecule has 0 saturated heterocycles. The molecule has 0 fully saturated rings. The van der Waals surface area contributed by atoms with Crippen molar-refractivity contribution in [1.29, 1.82) is 0 Å². The first-order chi connectivity index (χ1) is 10.7. The predicted octanol–water partition coefficient (Wildman–Crippen LogP) is 2.57. The molecule has 0 saturated carbocycles. The van der Waals surface area contributed by atoms with Gasteiger partial charge in [-0.2, -0.15) is 23.3 Å². The molecule has 1 amide bonds. The van der Waals surface area contributed by atoms with Crippen molar-refractivity contribution >= 4 is 11.6 Å². The Morgan fingerprint density at radius 2 is 2.04 bits per heavy atom.